The number of allylic oxidation sites excluding steroid dienone is 16. The standard InChI is InChI=1S/C69H118O6/c1-4-7-10-13-16-19-22-24-26-28-30-32-33-34-35-36-37-38-40-41-43-45-47-50-53-56-59-62-68(71)74-65-66(64-73-67(70)61-58-55-52-49-21-18-15-12-9-6-3)75-69(72)63-60-57-54-51-48-46-44-42-39-31-29-27-25-23-20-17-14-11-8-5-2/h7,10,12,15-16,19,24,26,30,32,34-35,37-38,41,43,66H,4-6,8-9,11,13-14,17-18,20-23,25,27-29,31,33,36,39-40,42,44-65H2,1-3H3/b10-7-,15-12-,19-16-,26-24-,32-30-,35-34-,38-37-,43-41-. The molecule has 0 radical (unpaired) electrons. The van der Waals surface area contributed by atoms with Gasteiger partial charge in [0, 0.05) is 19.3 Å². The molecule has 0 amide bonds. The molecule has 1 unspecified atom stereocenters. The van der Waals surface area contributed by atoms with E-state index in [2.05, 4.69) is 118 Å². The highest BCUT2D eigenvalue weighted by Crippen LogP contribution is 2.17. The summed E-state index contributed by atoms with van der Waals surface area (Å²) in [4.78, 5) is 38.2. The summed E-state index contributed by atoms with van der Waals surface area (Å²) >= 11 is 0. The maximum absolute atomic E-state index is 12.9. The molecule has 0 aromatic heterocycles. The fraction of sp³-hybridized carbons (Fsp3) is 0.725. The van der Waals surface area contributed by atoms with Crippen LogP contribution < -0.4 is 0 Å². The van der Waals surface area contributed by atoms with Crippen LogP contribution in [0.2, 0.25) is 0 Å². The maximum atomic E-state index is 12.9. The smallest absolute Gasteiger partial charge is 0.306 e. The van der Waals surface area contributed by atoms with Gasteiger partial charge in [-0.1, -0.05) is 285 Å². The van der Waals surface area contributed by atoms with Crippen LogP contribution in [0.5, 0.6) is 0 Å². The van der Waals surface area contributed by atoms with Gasteiger partial charge in [0.05, 0.1) is 0 Å². The molecule has 0 aromatic carbocycles. The molecule has 6 heteroatoms. The van der Waals surface area contributed by atoms with Crippen LogP contribution in [0.4, 0.5) is 0 Å². The summed E-state index contributed by atoms with van der Waals surface area (Å²) in [7, 11) is 0. The first-order valence-electron chi connectivity index (χ1n) is 31.7. The van der Waals surface area contributed by atoms with Crippen LogP contribution in [-0.4, -0.2) is 37.2 Å². The second-order valence-electron chi connectivity index (χ2n) is 20.9. The topological polar surface area (TPSA) is 78.9 Å². The van der Waals surface area contributed by atoms with Gasteiger partial charge in [-0.3, -0.25) is 14.4 Å². The molecule has 0 bridgehead atoms. The lowest BCUT2D eigenvalue weighted by Gasteiger charge is -2.18. The lowest BCUT2D eigenvalue weighted by molar-refractivity contribution is -0.167. The van der Waals surface area contributed by atoms with E-state index in [0.717, 1.165) is 135 Å². The molecule has 0 aromatic rings. The van der Waals surface area contributed by atoms with Gasteiger partial charge in [-0.25, -0.2) is 0 Å². The van der Waals surface area contributed by atoms with E-state index >= 15 is 0 Å². The van der Waals surface area contributed by atoms with Crippen molar-refractivity contribution in [3.05, 3.63) is 97.2 Å². The highest BCUT2D eigenvalue weighted by molar-refractivity contribution is 5.71. The number of carbonyl (C=O) groups excluding carboxylic acids is 3. The van der Waals surface area contributed by atoms with Crippen molar-refractivity contribution in [3.8, 4) is 0 Å². The minimum absolute atomic E-state index is 0.0863. The molecule has 0 fully saturated rings. The first-order chi connectivity index (χ1) is 37.0. The molecule has 0 saturated heterocycles. The molecule has 430 valence electrons. The van der Waals surface area contributed by atoms with Crippen LogP contribution in [0.25, 0.3) is 0 Å². The van der Waals surface area contributed by atoms with E-state index in [0.29, 0.717) is 19.3 Å². The lowest BCUT2D eigenvalue weighted by atomic mass is 10.0. The van der Waals surface area contributed by atoms with Crippen LogP contribution in [0.15, 0.2) is 97.2 Å². The van der Waals surface area contributed by atoms with Crippen molar-refractivity contribution in [2.45, 2.75) is 309 Å². The van der Waals surface area contributed by atoms with Crippen molar-refractivity contribution in [2.24, 2.45) is 0 Å². The maximum Gasteiger partial charge on any atom is 0.306 e. The first kappa shape index (κ1) is 71.3. The van der Waals surface area contributed by atoms with Crippen LogP contribution >= 0.6 is 0 Å². The van der Waals surface area contributed by atoms with Gasteiger partial charge in [0.2, 0.25) is 0 Å². The van der Waals surface area contributed by atoms with Gasteiger partial charge in [0.25, 0.3) is 0 Å². The molecule has 0 saturated carbocycles. The third-order valence-electron chi connectivity index (χ3n) is 13.6. The Hall–Kier alpha value is -3.67. The molecule has 1 atom stereocenters. The number of rotatable bonds is 57. The second-order valence-corrected chi connectivity index (χ2v) is 20.9. The summed E-state index contributed by atoms with van der Waals surface area (Å²) in [6.07, 6.45) is 84.2. The molecule has 0 aliphatic rings. The van der Waals surface area contributed by atoms with Crippen LogP contribution in [0.1, 0.15) is 303 Å². The summed E-state index contributed by atoms with van der Waals surface area (Å²) in [5.41, 5.74) is 0. The minimum atomic E-state index is -0.788. The minimum Gasteiger partial charge on any atom is -0.462 e. The third kappa shape index (κ3) is 61.1. The quantitative estimate of drug-likeness (QED) is 0.0261. The van der Waals surface area contributed by atoms with Gasteiger partial charge >= 0.3 is 17.9 Å². The average molecular weight is 1040 g/mol. The van der Waals surface area contributed by atoms with E-state index in [4.69, 9.17) is 14.2 Å². The SMILES string of the molecule is CC/C=C\C/C=C\C/C=C\C/C=C\C/C=C\C/C=C\C/C=C\CCCCCCCC(=O)OCC(COC(=O)CCCCCCC/C=C\CCC)OC(=O)CCCCCCCCCCCCCCCCCCCCCC. The normalized spacial score (nSPS) is 12.7. The Morgan fingerprint density at radius 1 is 0.280 bits per heavy atom. The van der Waals surface area contributed by atoms with Crippen LogP contribution in [0.3, 0.4) is 0 Å². The lowest BCUT2D eigenvalue weighted by Crippen LogP contribution is -2.30. The number of carbonyl (C=O) groups is 3. The number of hydrogen-bond donors (Lipinski definition) is 0. The summed E-state index contributed by atoms with van der Waals surface area (Å²) in [6, 6.07) is 0. The van der Waals surface area contributed by atoms with E-state index in [9.17, 15) is 14.4 Å². The Morgan fingerprint density at radius 3 is 0.880 bits per heavy atom. The Balaban J connectivity index is 4.30. The zero-order valence-corrected chi connectivity index (χ0v) is 49.3. The summed E-state index contributed by atoms with van der Waals surface area (Å²) in [6.45, 7) is 6.47. The first-order valence-corrected chi connectivity index (χ1v) is 31.7. The van der Waals surface area contributed by atoms with Gasteiger partial charge in [0.1, 0.15) is 13.2 Å². The third-order valence-corrected chi connectivity index (χ3v) is 13.6. The molecule has 0 aliphatic heterocycles. The van der Waals surface area contributed by atoms with Crippen molar-refractivity contribution in [3.63, 3.8) is 0 Å². The predicted octanol–water partition coefficient (Wildman–Crippen LogP) is 21.7. The summed E-state index contributed by atoms with van der Waals surface area (Å²) < 4.78 is 16.9. The van der Waals surface area contributed by atoms with Crippen LogP contribution in [-0.2, 0) is 28.6 Å². The van der Waals surface area contributed by atoms with Crippen molar-refractivity contribution >= 4 is 17.9 Å². The van der Waals surface area contributed by atoms with Crippen molar-refractivity contribution in [1.29, 1.82) is 0 Å². The monoisotopic (exact) mass is 1040 g/mol. The molecule has 0 aliphatic carbocycles. The van der Waals surface area contributed by atoms with Crippen LogP contribution in [0, 0.1) is 0 Å². The zero-order chi connectivity index (χ0) is 54.3. The van der Waals surface area contributed by atoms with E-state index < -0.39 is 6.10 Å². The largest absolute Gasteiger partial charge is 0.462 e. The molecule has 0 rings (SSSR count). The van der Waals surface area contributed by atoms with E-state index in [-0.39, 0.29) is 31.1 Å². The van der Waals surface area contributed by atoms with Crippen molar-refractivity contribution < 1.29 is 28.6 Å². The molecular formula is C69H118O6. The fourth-order valence-corrected chi connectivity index (χ4v) is 8.84. The van der Waals surface area contributed by atoms with Gasteiger partial charge in [-0.2, -0.15) is 0 Å². The highest BCUT2D eigenvalue weighted by atomic mass is 16.6. The molecule has 75 heavy (non-hydrogen) atoms. The molecule has 0 N–H and O–H groups in total. The average Bonchev–Trinajstić information content (AvgIpc) is 3.41. The summed E-state index contributed by atoms with van der Waals surface area (Å²) in [5, 5.41) is 0. The molecule has 6 nitrogen and oxygen atoms in total. The number of ether oxygens (including phenoxy) is 3. The van der Waals surface area contributed by atoms with E-state index in [1.54, 1.807) is 0 Å². The number of esters is 3. The molecule has 0 spiro atoms. The van der Waals surface area contributed by atoms with Crippen molar-refractivity contribution in [2.75, 3.05) is 13.2 Å². The predicted molar refractivity (Wildman–Crippen MR) is 325 cm³/mol. The number of unbranched alkanes of at least 4 members (excludes halogenated alkanes) is 30. The van der Waals surface area contributed by atoms with Gasteiger partial charge in [-0.05, 0) is 96.3 Å². The molecule has 0 heterocycles. The number of hydrogen-bond acceptors (Lipinski definition) is 6. The van der Waals surface area contributed by atoms with E-state index in [1.165, 1.54) is 128 Å². The Morgan fingerprint density at radius 2 is 0.547 bits per heavy atom. The van der Waals surface area contributed by atoms with Crippen molar-refractivity contribution in [1.82, 2.24) is 0 Å². The summed E-state index contributed by atoms with van der Waals surface area (Å²) in [5.74, 6) is -0.906. The zero-order valence-electron chi connectivity index (χ0n) is 49.3. The Kier molecular flexibility index (Phi) is 59.8. The molecular weight excluding hydrogens is 925 g/mol. The Labute approximate surface area is 464 Å². The van der Waals surface area contributed by atoms with Gasteiger partial charge in [-0.15, -0.1) is 0 Å². The van der Waals surface area contributed by atoms with Gasteiger partial charge < -0.3 is 14.2 Å². The highest BCUT2D eigenvalue weighted by Gasteiger charge is 2.19. The second kappa shape index (κ2) is 62.9. The van der Waals surface area contributed by atoms with Gasteiger partial charge in [0.15, 0.2) is 6.10 Å². The Bertz CT molecular complexity index is 1480. The van der Waals surface area contributed by atoms with E-state index in [1.807, 2.05) is 0 Å². The fourth-order valence-electron chi connectivity index (χ4n) is 8.84.